The second-order valence-electron chi connectivity index (χ2n) is 6.37. The molecule has 2 aromatic rings. The number of rotatable bonds is 4. The minimum absolute atomic E-state index is 0.292. The van der Waals surface area contributed by atoms with Crippen molar-refractivity contribution in [3.05, 3.63) is 42.5 Å². The van der Waals surface area contributed by atoms with Crippen LogP contribution in [0.25, 0.3) is 10.8 Å². The van der Waals surface area contributed by atoms with Gasteiger partial charge in [0, 0.05) is 18.8 Å². The average Bonchev–Trinajstić information content (AvgIpc) is 2.50. The molecule has 24 heavy (non-hydrogen) atoms. The van der Waals surface area contributed by atoms with Gasteiger partial charge in [-0.1, -0.05) is 30.3 Å². The third-order valence-corrected chi connectivity index (χ3v) is 3.09. The molecule has 6 nitrogen and oxygen atoms in total. The van der Waals surface area contributed by atoms with E-state index in [4.69, 9.17) is 4.74 Å². The number of urea groups is 1. The summed E-state index contributed by atoms with van der Waals surface area (Å²) in [6.45, 7) is 5.98. The molecule has 0 spiro atoms. The maximum absolute atomic E-state index is 11.9. The lowest BCUT2D eigenvalue weighted by atomic mass is 10.1. The number of carbonyl (C=O) groups is 2. The van der Waals surface area contributed by atoms with Crippen LogP contribution in [0.4, 0.5) is 15.3 Å². The van der Waals surface area contributed by atoms with Crippen LogP contribution in [-0.4, -0.2) is 30.8 Å². The quantitative estimate of drug-likeness (QED) is 0.751. The van der Waals surface area contributed by atoms with Crippen molar-refractivity contribution in [2.45, 2.75) is 26.4 Å². The summed E-state index contributed by atoms with van der Waals surface area (Å²) in [6.07, 6.45) is -0.501. The van der Waals surface area contributed by atoms with Crippen LogP contribution in [0, 0.1) is 0 Å². The third kappa shape index (κ3) is 5.79. The fourth-order valence-corrected chi connectivity index (χ4v) is 2.10. The topological polar surface area (TPSA) is 79.5 Å². The lowest BCUT2D eigenvalue weighted by Gasteiger charge is -2.19. The molecule has 0 aromatic heterocycles. The molecule has 0 aliphatic carbocycles. The highest BCUT2D eigenvalue weighted by Gasteiger charge is 2.15. The van der Waals surface area contributed by atoms with Gasteiger partial charge < -0.3 is 20.7 Å². The van der Waals surface area contributed by atoms with Gasteiger partial charge in [0.05, 0.1) is 0 Å². The summed E-state index contributed by atoms with van der Waals surface area (Å²) in [5.74, 6) is 0. The summed E-state index contributed by atoms with van der Waals surface area (Å²) >= 11 is 0. The number of alkyl carbamates (subject to hydrolysis) is 1. The molecule has 0 aliphatic rings. The van der Waals surface area contributed by atoms with E-state index < -0.39 is 11.7 Å². The summed E-state index contributed by atoms with van der Waals surface area (Å²) in [5, 5.41) is 10.2. The van der Waals surface area contributed by atoms with E-state index in [2.05, 4.69) is 16.0 Å². The predicted molar refractivity (Wildman–Crippen MR) is 95.2 cm³/mol. The van der Waals surface area contributed by atoms with Gasteiger partial charge in [-0.25, -0.2) is 9.59 Å². The highest BCUT2D eigenvalue weighted by Crippen LogP contribution is 2.18. The largest absolute Gasteiger partial charge is 0.444 e. The molecule has 6 heteroatoms. The Bertz CT molecular complexity index is 723. The Labute approximate surface area is 141 Å². The summed E-state index contributed by atoms with van der Waals surface area (Å²) in [4.78, 5) is 23.3. The van der Waals surface area contributed by atoms with Gasteiger partial charge in [-0.3, -0.25) is 0 Å². The molecule has 3 amide bonds. The Morgan fingerprint density at radius 3 is 2.33 bits per heavy atom. The van der Waals surface area contributed by atoms with Gasteiger partial charge in [0.15, 0.2) is 0 Å². The van der Waals surface area contributed by atoms with E-state index >= 15 is 0 Å². The average molecular weight is 329 g/mol. The van der Waals surface area contributed by atoms with E-state index in [0.717, 1.165) is 10.8 Å². The fourth-order valence-electron chi connectivity index (χ4n) is 2.10. The Kier molecular flexibility index (Phi) is 5.63. The van der Waals surface area contributed by atoms with Gasteiger partial charge in [-0.05, 0) is 43.7 Å². The minimum Gasteiger partial charge on any atom is -0.444 e. The van der Waals surface area contributed by atoms with Crippen LogP contribution >= 0.6 is 0 Å². The van der Waals surface area contributed by atoms with Crippen molar-refractivity contribution in [1.82, 2.24) is 10.6 Å². The molecule has 0 saturated heterocycles. The number of anilines is 1. The van der Waals surface area contributed by atoms with Crippen LogP contribution in [0.2, 0.25) is 0 Å². The van der Waals surface area contributed by atoms with E-state index in [9.17, 15) is 9.59 Å². The number of ether oxygens (including phenoxy) is 1. The van der Waals surface area contributed by atoms with Crippen molar-refractivity contribution in [1.29, 1.82) is 0 Å². The highest BCUT2D eigenvalue weighted by molar-refractivity contribution is 5.93. The fraction of sp³-hybridized carbons (Fsp3) is 0.333. The first kappa shape index (κ1) is 17.6. The van der Waals surface area contributed by atoms with E-state index in [-0.39, 0.29) is 6.03 Å². The molecular formula is C18H23N3O3. The number of hydrogen-bond acceptors (Lipinski definition) is 3. The molecule has 0 unspecified atom stereocenters. The van der Waals surface area contributed by atoms with Gasteiger partial charge in [-0.2, -0.15) is 0 Å². The predicted octanol–water partition coefficient (Wildman–Crippen LogP) is 3.49. The first-order chi connectivity index (χ1) is 11.3. The monoisotopic (exact) mass is 329 g/mol. The molecule has 2 rings (SSSR count). The SMILES string of the molecule is CC(C)(C)OC(=O)NCCNC(=O)Nc1ccc2ccccc2c1. The lowest BCUT2D eigenvalue weighted by molar-refractivity contribution is 0.0528. The molecule has 0 aliphatic heterocycles. The van der Waals surface area contributed by atoms with Gasteiger partial charge >= 0.3 is 12.1 Å². The van der Waals surface area contributed by atoms with E-state index in [1.165, 1.54) is 0 Å². The molecule has 0 bridgehead atoms. The molecule has 3 N–H and O–H groups in total. The highest BCUT2D eigenvalue weighted by atomic mass is 16.6. The van der Waals surface area contributed by atoms with Gasteiger partial charge in [0.1, 0.15) is 5.60 Å². The number of amides is 3. The number of carbonyl (C=O) groups excluding carboxylic acids is 2. The summed E-state index contributed by atoms with van der Waals surface area (Å²) < 4.78 is 5.10. The smallest absolute Gasteiger partial charge is 0.407 e. The van der Waals surface area contributed by atoms with E-state index in [0.29, 0.717) is 18.8 Å². The normalized spacial score (nSPS) is 11.0. The maximum Gasteiger partial charge on any atom is 0.407 e. The molecule has 0 atom stereocenters. The Hall–Kier alpha value is -2.76. The van der Waals surface area contributed by atoms with Crippen LogP contribution < -0.4 is 16.0 Å². The van der Waals surface area contributed by atoms with Crippen molar-refractivity contribution >= 4 is 28.6 Å². The molecule has 0 saturated carbocycles. The zero-order valence-electron chi connectivity index (χ0n) is 14.2. The molecule has 0 radical (unpaired) electrons. The molecule has 0 fully saturated rings. The molecular weight excluding hydrogens is 306 g/mol. The van der Waals surface area contributed by atoms with Crippen LogP contribution in [0.15, 0.2) is 42.5 Å². The van der Waals surface area contributed by atoms with Crippen LogP contribution in [0.5, 0.6) is 0 Å². The third-order valence-electron chi connectivity index (χ3n) is 3.09. The van der Waals surface area contributed by atoms with Gasteiger partial charge in [0.2, 0.25) is 0 Å². The minimum atomic E-state index is -0.537. The van der Waals surface area contributed by atoms with E-state index in [1.807, 2.05) is 42.5 Å². The van der Waals surface area contributed by atoms with Crippen LogP contribution in [0.1, 0.15) is 20.8 Å². The Morgan fingerprint density at radius 1 is 0.958 bits per heavy atom. The molecule has 128 valence electrons. The summed E-state index contributed by atoms with van der Waals surface area (Å²) in [5.41, 5.74) is 0.177. The number of hydrogen-bond donors (Lipinski definition) is 3. The summed E-state index contributed by atoms with van der Waals surface area (Å²) in [6, 6.07) is 13.3. The standard InChI is InChI=1S/C18H23N3O3/c1-18(2,3)24-17(23)20-11-10-19-16(22)21-15-9-8-13-6-4-5-7-14(13)12-15/h4-9,12H,10-11H2,1-3H3,(H,20,23)(H2,19,21,22). The number of fused-ring (bicyclic) bond motifs is 1. The van der Waals surface area contributed by atoms with Crippen LogP contribution in [-0.2, 0) is 4.74 Å². The Morgan fingerprint density at radius 2 is 1.62 bits per heavy atom. The van der Waals surface area contributed by atoms with Crippen molar-refractivity contribution in [3.63, 3.8) is 0 Å². The first-order valence-electron chi connectivity index (χ1n) is 7.84. The van der Waals surface area contributed by atoms with Gasteiger partial charge in [0.25, 0.3) is 0 Å². The Balaban J connectivity index is 1.74. The zero-order chi connectivity index (χ0) is 17.6. The zero-order valence-corrected chi connectivity index (χ0v) is 14.2. The van der Waals surface area contributed by atoms with E-state index in [1.54, 1.807) is 20.8 Å². The van der Waals surface area contributed by atoms with Crippen LogP contribution in [0.3, 0.4) is 0 Å². The van der Waals surface area contributed by atoms with Gasteiger partial charge in [-0.15, -0.1) is 0 Å². The van der Waals surface area contributed by atoms with Crippen molar-refractivity contribution in [2.75, 3.05) is 18.4 Å². The first-order valence-corrected chi connectivity index (χ1v) is 7.84. The molecule has 2 aromatic carbocycles. The number of benzene rings is 2. The molecule has 0 heterocycles. The van der Waals surface area contributed by atoms with Crippen molar-refractivity contribution in [3.8, 4) is 0 Å². The second-order valence-corrected chi connectivity index (χ2v) is 6.37. The van der Waals surface area contributed by atoms with Crippen molar-refractivity contribution in [2.24, 2.45) is 0 Å². The van der Waals surface area contributed by atoms with Crippen molar-refractivity contribution < 1.29 is 14.3 Å². The lowest BCUT2D eigenvalue weighted by Crippen LogP contribution is -2.39. The maximum atomic E-state index is 11.9. The number of nitrogens with one attached hydrogen (secondary N) is 3. The summed E-state index contributed by atoms with van der Waals surface area (Å²) in [7, 11) is 0. The second kappa shape index (κ2) is 7.68.